The summed E-state index contributed by atoms with van der Waals surface area (Å²) in [4.78, 5) is 19.3. The standard InChI is InChI=1S/C19H23N5O/c1-3-23(4-2)14-10-8-13(9-11-14)18-17-15(6-5-7-16(17)25)22-19-20-12-21-24(18)19/h6,8-12,17-18H,3-5,7H2,1-2H3,(H,20,21,22)/t17-,18-/m0/s1. The van der Waals surface area contributed by atoms with Gasteiger partial charge in [0.1, 0.15) is 12.1 Å². The minimum Gasteiger partial charge on any atom is -0.372 e. The molecule has 0 unspecified atom stereocenters. The highest BCUT2D eigenvalue weighted by Crippen LogP contribution is 2.41. The molecule has 130 valence electrons. The average molecular weight is 337 g/mol. The summed E-state index contributed by atoms with van der Waals surface area (Å²) in [6.07, 6.45) is 5.05. The monoisotopic (exact) mass is 337 g/mol. The first-order valence-corrected chi connectivity index (χ1v) is 8.97. The number of allylic oxidation sites excluding steroid dienone is 2. The third-order valence-corrected chi connectivity index (χ3v) is 5.21. The number of carbonyl (C=O) groups is 1. The van der Waals surface area contributed by atoms with Gasteiger partial charge in [0.25, 0.3) is 0 Å². The molecule has 0 fully saturated rings. The number of hydrogen-bond donors (Lipinski definition) is 1. The third-order valence-electron chi connectivity index (χ3n) is 5.21. The molecular weight excluding hydrogens is 314 g/mol. The van der Waals surface area contributed by atoms with Crippen LogP contribution >= 0.6 is 0 Å². The molecule has 1 N–H and O–H groups in total. The summed E-state index contributed by atoms with van der Waals surface area (Å²) >= 11 is 0. The lowest BCUT2D eigenvalue weighted by Crippen LogP contribution is -2.38. The minimum atomic E-state index is -0.206. The van der Waals surface area contributed by atoms with Crippen molar-refractivity contribution in [2.24, 2.45) is 5.92 Å². The Morgan fingerprint density at radius 1 is 1.24 bits per heavy atom. The van der Waals surface area contributed by atoms with E-state index in [1.807, 2.05) is 4.68 Å². The number of aromatic nitrogens is 3. The van der Waals surface area contributed by atoms with Crippen LogP contribution in [0.4, 0.5) is 11.6 Å². The number of fused-ring (bicyclic) bond motifs is 2. The first-order chi connectivity index (χ1) is 12.2. The molecule has 0 amide bonds. The van der Waals surface area contributed by atoms with E-state index in [0.717, 1.165) is 30.8 Å². The number of carbonyl (C=O) groups excluding carboxylic acids is 1. The highest BCUT2D eigenvalue weighted by atomic mass is 16.1. The fraction of sp³-hybridized carbons (Fsp3) is 0.421. The van der Waals surface area contributed by atoms with Crippen molar-refractivity contribution in [1.29, 1.82) is 0 Å². The zero-order valence-corrected chi connectivity index (χ0v) is 14.6. The summed E-state index contributed by atoms with van der Waals surface area (Å²) in [6, 6.07) is 8.38. The fourth-order valence-corrected chi connectivity index (χ4v) is 3.92. The largest absolute Gasteiger partial charge is 0.372 e. The molecule has 2 heterocycles. The normalized spacial score (nSPS) is 21.8. The number of rotatable bonds is 4. The van der Waals surface area contributed by atoms with E-state index >= 15 is 0 Å². The predicted octanol–water partition coefficient (Wildman–Crippen LogP) is 3.00. The number of hydrogen-bond acceptors (Lipinski definition) is 5. The quantitative estimate of drug-likeness (QED) is 0.929. The van der Waals surface area contributed by atoms with Crippen LogP contribution in [0, 0.1) is 5.92 Å². The Bertz CT molecular complexity index is 803. The second-order valence-corrected chi connectivity index (χ2v) is 6.50. The Balaban J connectivity index is 1.76. The van der Waals surface area contributed by atoms with Gasteiger partial charge in [0, 0.05) is 30.9 Å². The molecule has 0 bridgehead atoms. The lowest BCUT2D eigenvalue weighted by Gasteiger charge is -2.36. The van der Waals surface area contributed by atoms with Gasteiger partial charge in [0.15, 0.2) is 0 Å². The van der Waals surface area contributed by atoms with E-state index in [2.05, 4.69) is 64.5 Å². The average Bonchev–Trinajstić information content (AvgIpc) is 3.10. The Morgan fingerprint density at radius 3 is 2.72 bits per heavy atom. The molecule has 0 radical (unpaired) electrons. The molecule has 4 rings (SSSR count). The number of anilines is 2. The first kappa shape index (κ1) is 15.9. The van der Waals surface area contributed by atoms with Crippen molar-refractivity contribution in [3.8, 4) is 0 Å². The zero-order chi connectivity index (χ0) is 17.4. The van der Waals surface area contributed by atoms with E-state index in [-0.39, 0.29) is 17.7 Å². The maximum absolute atomic E-state index is 12.7. The Kier molecular flexibility index (Phi) is 4.03. The highest BCUT2D eigenvalue weighted by molar-refractivity contribution is 5.87. The highest BCUT2D eigenvalue weighted by Gasteiger charge is 2.40. The minimum absolute atomic E-state index is 0.136. The Labute approximate surface area is 147 Å². The topological polar surface area (TPSA) is 63.1 Å². The van der Waals surface area contributed by atoms with Gasteiger partial charge in [0.2, 0.25) is 5.95 Å². The van der Waals surface area contributed by atoms with Gasteiger partial charge in [0.05, 0.1) is 12.0 Å². The summed E-state index contributed by atoms with van der Waals surface area (Å²) in [7, 11) is 0. The van der Waals surface area contributed by atoms with E-state index in [1.165, 1.54) is 5.69 Å². The van der Waals surface area contributed by atoms with Gasteiger partial charge in [-0.3, -0.25) is 4.79 Å². The molecule has 6 heteroatoms. The van der Waals surface area contributed by atoms with E-state index in [9.17, 15) is 4.79 Å². The zero-order valence-electron chi connectivity index (χ0n) is 14.6. The maximum atomic E-state index is 12.7. The summed E-state index contributed by atoms with van der Waals surface area (Å²) in [5.41, 5.74) is 3.26. The lowest BCUT2D eigenvalue weighted by atomic mass is 9.81. The molecule has 1 aliphatic carbocycles. The molecule has 2 aromatic rings. The molecular formula is C19H23N5O. The Hall–Kier alpha value is -2.63. The van der Waals surface area contributed by atoms with Crippen LogP contribution in [0.25, 0.3) is 0 Å². The predicted molar refractivity (Wildman–Crippen MR) is 97.6 cm³/mol. The number of nitrogens with one attached hydrogen (secondary N) is 1. The van der Waals surface area contributed by atoms with Gasteiger partial charge >= 0.3 is 0 Å². The molecule has 0 spiro atoms. The van der Waals surface area contributed by atoms with Crippen molar-refractivity contribution in [3.05, 3.63) is 47.9 Å². The van der Waals surface area contributed by atoms with Crippen LogP contribution < -0.4 is 10.2 Å². The summed E-state index contributed by atoms with van der Waals surface area (Å²) in [5.74, 6) is 0.765. The van der Waals surface area contributed by atoms with Crippen molar-refractivity contribution in [3.63, 3.8) is 0 Å². The van der Waals surface area contributed by atoms with Crippen molar-refractivity contribution in [1.82, 2.24) is 14.8 Å². The summed E-state index contributed by atoms with van der Waals surface area (Å²) < 4.78 is 1.84. The molecule has 1 aliphatic heterocycles. The Morgan fingerprint density at radius 2 is 2.00 bits per heavy atom. The van der Waals surface area contributed by atoms with E-state index in [4.69, 9.17) is 0 Å². The van der Waals surface area contributed by atoms with Crippen LogP contribution in [0.3, 0.4) is 0 Å². The number of ketones is 1. The molecule has 2 aliphatic rings. The maximum Gasteiger partial charge on any atom is 0.226 e. The van der Waals surface area contributed by atoms with Crippen LogP contribution in [0.5, 0.6) is 0 Å². The van der Waals surface area contributed by atoms with Gasteiger partial charge in [-0.05, 0) is 38.0 Å². The van der Waals surface area contributed by atoms with E-state index in [1.54, 1.807) is 6.33 Å². The third kappa shape index (κ3) is 2.62. The first-order valence-electron chi connectivity index (χ1n) is 8.97. The molecule has 0 saturated carbocycles. The van der Waals surface area contributed by atoms with Crippen LogP contribution in [-0.2, 0) is 4.79 Å². The van der Waals surface area contributed by atoms with Gasteiger partial charge in [-0.1, -0.05) is 18.2 Å². The van der Waals surface area contributed by atoms with E-state index in [0.29, 0.717) is 12.4 Å². The van der Waals surface area contributed by atoms with Crippen LogP contribution in [0.2, 0.25) is 0 Å². The second-order valence-electron chi connectivity index (χ2n) is 6.50. The molecule has 6 nitrogen and oxygen atoms in total. The summed E-state index contributed by atoms with van der Waals surface area (Å²) in [5, 5.41) is 7.66. The molecule has 25 heavy (non-hydrogen) atoms. The molecule has 1 aromatic carbocycles. The lowest BCUT2D eigenvalue weighted by molar-refractivity contribution is -0.123. The van der Waals surface area contributed by atoms with Gasteiger partial charge in [-0.25, -0.2) is 4.68 Å². The van der Waals surface area contributed by atoms with Crippen molar-refractivity contribution in [2.45, 2.75) is 32.7 Å². The van der Waals surface area contributed by atoms with Crippen molar-refractivity contribution >= 4 is 17.4 Å². The van der Waals surface area contributed by atoms with Crippen molar-refractivity contribution < 1.29 is 4.79 Å². The van der Waals surface area contributed by atoms with Crippen LogP contribution in [0.15, 0.2) is 42.4 Å². The van der Waals surface area contributed by atoms with Crippen LogP contribution in [0.1, 0.15) is 38.3 Å². The fourth-order valence-electron chi connectivity index (χ4n) is 3.92. The second kappa shape index (κ2) is 6.35. The van der Waals surface area contributed by atoms with Gasteiger partial charge in [-0.15, -0.1) is 0 Å². The number of Topliss-reactive ketones (excluding diaryl/α,β-unsaturated/α-hetero) is 1. The van der Waals surface area contributed by atoms with E-state index < -0.39 is 0 Å². The molecule has 1 aromatic heterocycles. The van der Waals surface area contributed by atoms with Gasteiger partial charge < -0.3 is 10.2 Å². The molecule has 0 saturated heterocycles. The number of benzene rings is 1. The van der Waals surface area contributed by atoms with Crippen LogP contribution in [-0.4, -0.2) is 33.6 Å². The smallest absolute Gasteiger partial charge is 0.226 e. The molecule has 2 atom stereocenters. The summed E-state index contributed by atoms with van der Waals surface area (Å²) in [6.45, 7) is 6.27. The van der Waals surface area contributed by atoms with Crippen molar-refractivity contribution in [2.75, 3.05) is 23.3 Å². The number of nitrogens with zero attached hydrogens (tertiary/aromatic N) is 4. The van der Waals surface area contributed by atoms with Gasteiger partial charge in [-0.2, -0.15) is 10.1 Å². The SMILES string of the molecule is CCN(CC)c1ccc([C@H]2[C@@H]3C(=O)CCC=C3Nc3ncnn32)cc1.